The van der Waals surface area contributed by atoms with Gasteiger partial charge in [-0.15, -0.1) is 10.2 Å². The van der Waals surface area contributed by atoms with Crippen LogP contribution < -0.4 is 0 Å². The van der Waals surface area contributed by atoms with E-state index in [1.165, 1.54) is 7.11 Å². The Morgan fingerprint density at radius 2 is 2.20 bits per heavy atom. The smallest absolute Gasteiger partial charge is 0.325 e. The van der Waals surface area contributed by atoms with Gasteiger partial charge in [0.25, 0.3) is 0 Å². The average molecular weight is 283 g/mol. The van der Waals surface area contributed by atoms with Gasteiger partial charge >= 0.3 is 5.97 Å². The molecular formula is C13H21N3O4. The van der Waals surface area contributed by atoms with Crippen molar-refractivity contribution < 1.29 is 18.7 Å². The molecule has 1 fully saturated rings. The van der Waals surface area contributed by atoms with E-state index in [1.54, 1.807) is 0 Å². The summed E-state index contributed by atoms with van der Waals surface area (Å²) in [6.07, 6.45) is 0. The lowest BCUT2D eigenvalue weighted by atomic mass is 9.97. The van der Waals surface area contributed by atoms with Crippen LogP contribution >= 0.6 is 0 Å². The number of hydrogen-bond donors (Lipinski definition) is 0. The number of esters is 1. The number of carbonyl (C=O) groups excluding carboxylic acids is 1. The summed E-state index contributed by atoms with van der Waals surface area (Å²) in [6.45, 7) is 7.99. The van der Waals surface area contributed by atoms with Crippen molar-refractivity contribution in [3.63, 3.8) is 0 Å². The van der Waals surface area contributed by atoms with Gasteiger partial charge < -0.3 is 13.9 Å². The van der Waals surface area contributed by atoms with E-state index in [2.05, 4.69) is 10.2 Å². The van der Waals surface area contributed by atoms with Crippen molar-refractivity contribution in [1.82, 2.24) is 15.1 Å². The number of aromatic nitrogens is 2. The number of carbonyl (C=O) groups is 1. The molecule has 0 spiro atoms. The first-order valence-corrected chi connectivity index (χ1v) is 6.64. The zero-order chi connectivity index (χ0) is 14.8. The summed E-state index contributed by atoms with van der Waals surface area (Å²) in [6, 6.07) is -0.418. The van der Waals surface area contributed by atoms with Gasteiger partial charge in [0.15, 0.2) is 0 Å². The first-order valence-electron chi connectivity index (χ1n) is 6.64. The summed E-state index contributed by atoms with van der Waals surface area (Å²) in [5.74, 6) is 0.793. The van der Waals surface area contributed by atoms with Crippen molar-refractivity contribution >= 4 is 5.97 Å². The van der Waals surface area contributed by atoms with Crippen LogP contribution in [0.2, 0.25) is 0 Å². The topological polar surface area (TPSA) is 77.7 Å². The predicted molar refractivity (Wildman–Crippen MR) is 70.0 cm³/mol. The molecule has 0 saturated carbocycles. The number of morpholine rings is 1. The Kier molecular flexibility index (Phi) is 4.39. The summed E-state index contributed by atoms with van der Waals surface area (Å²) < 4.78 is 15.8. The Morgan fingerprint density at radius 3 is 2.80 bits per heavy atom. The molecule has 0 radical (unpaired) electrons. The van der Waals surface area contributed by atoms with Gasteiger partial charge in [0.1, 0.15) is 6.04 Å². The molecule has 2 heterocycles. The molecule has 1 atom stereocenters. The van der Waals surface area contributed by atoms with Crippen LogP contribution in [-0.2, 0) is 26.2 Å². The van der Waals surface area contributed by atoms with Crippen LogP contribution in [0.5, 0.6) is 0 Å². The van der Waals surface area contributed by atoms with E-state index in [4.69, 9.17) is 13.9 Å². The SMILES string of the molecule is COC(=O)C1COCCN1Cc1nnc(C(C)(C)C)o1. The van der Waals surface area contributed by atoms with Gasteiger partial charge in [-0.1, -0.05) is 20.8 Å². The zero-order valence-corrected chi connectivity index (χ0v) is 12.4. The first-order chi connectivity index (χ1) is 9.41. The van der Waals surface area contributed by atoms with Crippen molar-refractivity contribution in [2.45, 2.75) is 38.8 Å². The summed E-state index contributed by atoms with van der Waals surface area (Å²) in [5, 5.41) is 8.10. The standard InChI is InChI=1S/C13H21N3O4/c1-13(2,3)12-15-14-10(20-12)7-16-5-6-19-8-9(16)11(17)18-4/h9H,5-8H2,1-4H3. The van der Waals surface area contributed by atoms with Crippen LogP contribution in [-0.4, -0.2) is 54.0 Å². The lowest BCUT2D eigenvalue weighted by Gasteiger charge is -2.32. The fourth-order valence-electron chi connectivity index (χ4n) is 1.97. The summed E-state index contributed by atoms with van der Waals surface area (Å²) >= 11 is 0. The average Bonchev–Trinajstić information content (AvgIpc) is 2.87. The van der Waals surface area contributed by atoms with Gasteiger partial charge in [0.2, 0.25) is 11.8 Å². The number of methoxy groups -OCH3 is 1. The molecular weight excluding hydrogens is 262 g/mol. The van der Waals surface area contributed by atoms with E-state index in [0.717, 1.165) is 0 Å². The van der Waals surface area contributed by atoms with Gasteiger partial charge in [-0.3, -0.25) is 9.69 Å². The second kappa shape index (κ2) is 5.88. The van der Waals surface area contributed by atoms with Gasteiger partial charge in [-0.05, 0) is 0 Å². The van der Waals surface area contributed by atoms with Crippen LogP contribution in [0.15, 0.2) is 4.42 Å². The number of nitrogens with zero attached hydrogens (tertiary/aromatic N) is 3. The minimum Gasteiger partial charge on any atom is -0.468 e. The van der Waals surface area contributed by atoms with E-state index in [9.17, 15) is 4.79 Å². The van der Waals surface area contributed by atoms with Crippen LogP contribution in [0.1, 0.15) is 32.6 Å². The predicted octanol–water partition coefficient (Wildman–Crippen LogP) is 0.741. The van der Waals surface area contributed by atoms with E-state index in [1.807, 2.05) is 25.7 Å². The fraction of sp³-hybridized carbons (Fsp3) is 0.769. The maximum atomic E-state index is 11.7. The van der Waals surface area contributed by atoms with Crippen molar-refractivity contribution in [2.24, 2.45) is 0 Å². The molecule has 0 aromatic carbocycles. The van der Waals surface area contributed by atoms with E-state index in [-0.39, 0.29) is 11.4 Å². The minimum atomic E-state index is -0.418. The van der Waals surface area contributed by atoms with E-state index in [0.29, 0.717) is 38.1 Å². The Labute approximate surface area is 118 Å². The molecule has 1 aromatic rings. The highest BCUT2D eigenvalue weighted by molar-refractivity contribution is 5.75. The number of hydrogen-bond acceptors (Lipinski definition) is 7. The number of rotatable bonds is 3. The van der Waals surface area contributed by atoms with Crippen molar-refractivity contribution in [2.75, 3.05) is 26.9 Å². The normalized spacial score (nSPS) is 20.9. The quantitative estimate of drug-likeness (QED) is 0.757. The Bertz CT molecular complexity index is 466. The molecule has 0 amide bonds. The molecule has 0 aliphatic carbocycles. The molecule has 0 N–H and O–H groups in total. The van der Waals surface area contributed by atoms with Gasteiger partial charge in [-0.2, -0.15) is 0 Å². The fourth-order valence-corrected chi connectivity index (χ4v) is 1.97. The monoisotopic (exact) mass is 283 g/mol. The molecule has 2 rings (SSSR count). The zero-order valence-electron chi connectivity index (χ0n) is 12.4. The summed E-state index contributed by atoms with van der Waals surface area (Å²) in [7, 11) is 1.37. The van der Waals surface area contributed by atoms with E-state index >= 15 is 0 Å². The molecule has 1 aromatic heterocycles. The summed E-state index contributed by atoms with van der Waals surface area (Å²) in [4.78, 5) is 13.7. The third-order valence-corrected chi connectivity index (χ3v) is 3.16. The third-order valence-electron chi connectivity index (χ3n) is 3.16. The lowest BCUT2D eigenvalue weighted by molar-refractivity contribution is -0.153. The minimum absolute atomic E-state index is 0.183. The second-order valence-corrected chi connectivity index (χ2v) is 5.84. The molecule has 1 saturated heterocycles. The molecule has 0 bridgehead atoms. The van der Waals surface area contributed by atoms with Crippen molar-refractivity contribution in [1.29, 1.82) is 0 Å². The third kappa shape index (κ3) is 3.34. The molecule has 7 heteroatoms. The summed E-state index contributed by atoms with van der Waals surface area (Å²) in [5.41, 5.74) is -0.183. The molecule has 112 valence electrons. The largest absolute Gasteiger partial charge is 0.468 e. The first kappa shape index (κ1) is 14.9. The molecule has 20 heavy (non-hydrogen) atoms. The van der Waals surface area contributed by atoms with Crippen molar-refractivity contribution in [3.05, 3.63) is 11.8 Å². The Morgan fingerprint density at radius 1 is 1.45 bits per heavy atom. The van der Waals surface area contributed by atoms with Crippen LogP contribution in [0.25, 0.3) is 0 Å². The van der Waals surface area contributed by atoms with Gasteiger partial charge in [0.05, 0.1) is 26.9 Å². The molecule has 1 aliphatic rings. The van der Waals surface area contributed by atoms with Crippen LogP contribution in [0.4, 0.5) is 0 Å². The highest BCUT2D eigenvalue weighted by atomic mass is 16.5. The molecule has 7 nitrogen and oxygen atoms in total. The maximum Gasteiger partial charge on any atom is 0.325 e. The Balaban J connectivity index is 2.07. The van der Waals surface area contributed by atoms with Gasteiger partial charge in [0, 0.05) is 12.0 Å². The van der Waals surface area contributed by atoms with Crippen molar-refractivity contribution in [3.8, 4) is 0 Å². The molecule has 1 aliphatic heterocycles. The van der Waals surface area contributed by atoms with Gasteiger partial charge in [-0.25, -0.2) is 0 Å². The lowest BCUT2D eigenvalue weighted by Crippen LogP contribution is -2.49. The Hall–Kier alpha value is -1.47. The highest BCUT2D eigenvalue weighted by Crippen LogP contribution is 2.21. The second-order valence-electron chi connectivity index (χ2n) is 5.84. The maximum absolute atomic E-state index is 11.7. The van der Waals surface area contributed by atoms with E-state index < -0.39 is 6.04 Å². The number of ether oxygens (including phenoxy) is 2. The highest BCUT2D eigenvalue weighted by Gasteiger charge is 2.32. The molecule has 1 unspecified atom stereocenters. The van der Waals surface area contributed by atoms with Crippen LogP contribution in [0, 0.1) is 0 Å². The van der Waals surface area contributed by atoms with Crippen LogP contribution in [0.3, 0.4) is 0 Å².